The summed E-state index contributed by atoms with van der Waals surface area (Å²) in [5, 5.41) is 2.65. The van der Waals surface area contributed by atoms with Crippen LogP contribution in [-0.4, -0.2) is 30.1 Å². The normalized spacial score (nSPS) is 12.2. The van der Waals surface area contributed by atoms with Gasteiger partial charge in [-0.3, -0.25) is 9.59 Å². The molecular formula is C23H22F3N3O4. The van der Waals surface area contributed by atoms with E-state index in [9.17, 15) is 22.8 Å². The van der Waals surface area contributed by atoms with Crippen molar-refractivity contribution >= 4 is 5.91 Å². The van der Waals surface area contributed by atoms with Crippen LogP contribution in [0.15, 0.2) is 53.3 Å². The molecule has 10 heteroatoms. The monoisotopic (exact) mass is 461 g/mol. The Bertz CT molecular complexity index is 1190. The number of ether oxygens (including phenoxy) is 2. The highest BCUT2D eigenvalue weighted by Gasteiger charge is 2.30. The highest BCUT2D eigenvalue weighted by atomic mass is 19.4. The van der Waals surface area contributed by atoms with Crippen LogP contribution in [0.2, 0.25) is 0 Å². The highest BCUT2D eigenvalue weighted by molar-refractivity contribution is 5.92. The summed E-state index contributed by atoms with van der Waals surface area (Å²) in [5.74, 6) is 0.703. The van der Waals surface area contributed by atoms with Gasteiger partial charge in [0, 0.05) is 12.5 Å². The van der Waals surface area contributed by atoms with Crippen LogP contribution >= 0.6 is 0 Å². The van der Waals surface area contributed by atoms with Gasteiger partial charge in [-0.25, -0.2) is 4.98 Å². The van der Waals surface area contributed by atoms with Crippen molar-refractivity contribution in [1.29, 1.82) is 0 Å². The number of aromatic amines is 1. The number of aromatic nitrogens is 2. The molecule has 0 aliphatic rings. The molecule has 0 saturated carbocycles. The number of hydrogen-bond donors (Lipinski definition) is 2. The SMILES string of the molecule is COc1ccc(Cc2nc(C(=O)NC(C)c3ccc(C(F)(F)F)cc3)cc(=O)[nH]2)cc1OC. The van der Waals surface area contributed by atoms with Crippen molar-refractivity contribution in [3.8, 4) is 11.5 Å². The van der Waals surface area contributed by atoms with Gasteiger partial charge in [0.2, 0.25) is 0 Å². The van der Waals surface area contributed by atoms with Gasteiger partial charge >= 0.3 is 6.18 Å². The van der Waals surface area contributed by atoms with Gasteiger partial charge in [-0.15, -0.1) is 0 Å². The number of rotatable bonds is 7. The molecule has 0 aliphatic carbocycles. The number of nitrogens with zero attached hydrogens (tertiary/aromatic N) is 1. The Morgan fingerprint density at radius 2 is 1.73 bits per heavy atom. The van der Waals surface area contributed by atoms with E-state index in [0.29, 0.717) is 17.1 Å². The lowest BCUT2D eigenvalue weighted by molar-refractivity contribution is -0.137. The number of H-pyrrole nitrogens is 1. The van der Waals surface area contributed by atoms with Gasteiger partial charge in [-0.2, -0.15) is 13.2 Å². The van der Waals surface area contributed by atoms with Crippen LogP contribution in [0.4, 0.5) is 13.2 Å². The average Bonchev–Trinajstić information content (AvgIpc) is 2.78. The largest absolute Gasteiger partial charge is 0.493 e. The second-order valence-corrected chi connectivity index (χ2v) is 7.26. The number of methoxy groups -OCH3 is 2. The van der Waals surface area contributed by atoms with E-state index in [2.05, 4.69) is 15.3 Å². The third-order valence-corrected chi connectivity index (χ3v) is 4.93. The predicted octanol–water partition coefficient (Wildman–Crippen LogP) is 3.89. The number of carbonyl (C=O) groups excluding carboxylic acids is 1. The van der Waals surface area contributed by atoms with E-state index in [-0.39, 0.29) is 17.9 Å². The zero-order chi connectivity index (χ0) is 24.2. The Morgan fingerprint density at radius 3 is 2.33 bits per heavy atom. The molecule has 0 radical (unpaired) electrons. The summed E-state index contributed by atoms with van der Waals surface area (Å²) in [6.07, 6.45) is -4.21. The third kappa shape index (κ3) is 5.91. The standard InChI is InChI=1S/C23H22F3N3O4/c1-13(15-5-7-16(8-6-15)23(24,25)26)27-22(31)17-12-21(30)29-20(28-17)11-14-4-9-18(32-2)19(10-14)33-3/h4-10,12-13H,11H2,1-3H3,(H,27,31)(H,28,29,30). The molecule has 7 nitrogen and oxygen atoms in total. The topological polar surface area (TPSA) is 93.3 Å². The Balaban J connectivity index is 1.76. The third-order valence-electron chi connectivity index (χ3n) is 4.93. The summed E-state index contributed by atoms with van der Waals surface area (Å²) in [5.41, 5.74) is -0.139. The minimum Gasteiger partial charge on any atom is -0.493 e. The van der Waals surface area contributed by atoms with Gasteiger partial charge in [0.1, 0.15) is 11.5 Å². The lowest BCUT2D eigenvalue weighted by atomic mass is 10.1. The van der Waals surface area contributed by atoms with Crippen LogP contribution in [0.25, 0.3) is 0 Å². The number of halogens is 3. The fourth-order valence-corrected chi connectivity index (χ4v) is 3.21. The summed E-state index contributed by atoms with van der Waals surface area (Å²) in [6, 6.07) is 10.2. The van der Waals surface area contributed by atoms with E-state index in [0.717, 1.165) is 23.8 Å². The predicted molar refractivity (Wildman–Crippen MR) is 115 cm³/mol. The number of hydrogen-bond acceptors (Lipinski definition) is 5. The molecule has 1 amide bonds. The number of benzene rings is 2. The summed E-state index contributed by atoms with van der Waals surface area (Å²) in [6.45, 7) is 1.62. The lowest BCUT2D eigenvalue weighted by Crippen LogP contribution is -2.29. The van der Waals surface area contributed by atoms with Crippen molar-refractivity contribution < 1.29 is 27.4 Å². The fourth-order valence-electron chi connectivity index (χ4n) is 3.21. The van der Waals surface area contributed by atoms with E-state index >= 15 is 0 Å². The molecule has 0 spiro atoms. The van der Waals surface area contributed by atoms with Crippen LogP contribution in [-0.2, 0) is 12.6 Å². The van der Waals surface area contributed by atoms with Gasteiger partial charge < -0.3 is 19.8 Å². The van der Waals surface area contributed by atoms with Crippen LogP contribution in [0, 0.1) is 0 Å². The second-order valence-electron chi connectivity index (χ2n) is 7.26. The Labute approximate surface area is 187 Å². The molecule has 2 aromatic carbocycles. The first-order chi connectivity index (χ1) is 15.6. The van der Waals surface area contributed by atoms with E-state index in [1.807, 2.05) is 0 Å². The number of amides is 1. The average molecular weight is 461 g/mol. The smallest absolute Gasteiger partial charge is 0.416 e. The molecule has 3 aromatic rings. The number of nitrogens with one attached hydrogen (secondary N) is 2. The van der Waals surface area contributed by atoms with Crippen LogP contribution in [0.1, 0.15) is 46.0 Å². The van der Waals surface area contributed by atoms with Crippen LogP contribution in [0.5, 0.6) is 11.5 Å². The maximum atomic E-state index is 12.7. The molecule has 174 valence electrons. The molecule has 1 heterocycles. The molecule has 33 heavy (non-hydrogen) atoms. The zero-order valence-corrected chi connectivity index (χ0v) is 18.1. The number of alkyl halides is 3. The molecule has 0 aliphatic heterocycles. The molecule has 2 N–H and O–H groups in total. The van der Waals surface area contributed by atoms with Gasteiger partial charge in [-0.05, 0) is 42.3 Å². The van der Waals surface area contributed by atoms with E-state index in [4.69, 9.17) is 9.47 Å². The summed E-state index contributed by atoms with van der Waals surface area (Å²) in [7, 11) is 3.02. The lowest BCUT2D eigenvalue weighted by Gasteiger charge is -2.15. The molecule has 1 unspecified atom stereocenters. The van der Waals surface area contributed by atoms with Gasteiger partial charge in [0.25, 0.3) is 11.5 Å². The Morgan fingerprint density at radius 1 is 1.06 bits per heavy atom. The van der Waals surface area contributed by atoms with Gasteiger partial charge in [0.05, 0.1) is 25.8 Å². The molecule has 1 aromatic heterocycles. The first kappa shape index (κ1) is 23.8. The maximum absolute atomic E-state index is 12.7. The van der Waals surface area contributed by atoms with Crippen LogP contribution in [0.3, 0.4) is 0 Å². The second kappa shape index (κ2) is 9.76. The molecule has 1 atom stereocenters. The van der Waals surface area contributed by atoms with Crippen molar-refractivity contribution in [2.24, 2.45) is 0 Å². The maximum Gasteiger partial charge on any atom is 0.416 e. The molecular weight excluding hydrogens is 439 g/mol. The van der Waals surface area contributed by atoms with Crippen molar-refractivity contribution in [3.05, 3.63) is 87.1 Å². The van der Waals surface area contributed by atoms with Gasteiger partial charge in [0.15, 0.2) is 11.5 Å². The summed E-state index contributed by atoms with van der Waals surface area (Å²) >= 11 is 0. The summed E-state index contributed by atoms with van der Waals surface area (Å²) < 4.78 is 48.7. The minimum atomic E-state index is -4.44. The first-order valence-corrected chi connectivity index (χ1v) is 9.90. The summed E-state index contributed by atoms with van der Waals surface area (Å²) in [4.78, 5) is 31.6. The minimum absolute atomic E-state index is 0.104. The Kier molecular flexibility index (Phi) is 7.05. The number of carbonyl (C=O) groups is 1. The van der Waals surface area contributed by atoms with Crippen LogP contribution < -0.4 is 20.3 Å². The molecule has 0 saturated heterocycles. The van der Waals surface area contributed by atoms with Crippen molar-refractivity contribution in [2.75, 3.05) is 14.2 Å². The zero-order valence-electron chi connectivity index (χ0n) is 18.1. The molecule has 3 rings (SSSR count). The molecule has 0 bridgehead atoms. The van der Waals surface area contributed by atoms with Crippen molar-refractivity contribution in [3.63, 3.8) is 0 Å². The molecule has 0 fully saturated rings. The first-order valence-electron chi connectivity index (χ1n) is 9.90. The fraction of sp³-hybridized carbons (Fsp3) is 0.261. The van der Waals surface area contributed by atoms with E-state index < -0.39 is 29.2 Å². The quantitative estimate of drug-likeness (QED) is 0.557. The van der Waals surface area contributed by atoms with Gasteiger partial charge in [-0.1, -0.05) is 18.2 Å². The van der Waals surface area contributed by atoms with Crippen molar-refractivity contribution in [2.45, 2.75) is 25.6 Å². The van der Waals surface area contributed by atoms with E-state index in [1.54, 1.807) is 25.1 Å². The Hall–Kier alpha value is -3.82. The highest BCUT2D eigenvalue weighted by Crippen LogP contribution is 2.30. The van der Waals surface area contributed by atoms with E-state index in [1.165, 1.54) is 26.4 Å². The van der Waals surface area contributed by atoms with Crippen molar-refractivity contribution in [1.82, 2.24) is 15.3 Å².